The Hall–Kier alpha value is -0.900. The molecule has 1 aliphatic rings. The van der Waals surface area contributed by atoms with E-state index in [2.05, 4.69) is 0 Å². The lowest BCUT2D eigenvalue weighted by atomic mass is 9.99. The molecule has 2 unspecified atom stereocenters. The van der Waals surface area contributed by atoms with Gasteiger partial charge in [-0.25, -0.2) is 0 Å². The molecule has 0 aliphatic carbocycles. The van der Waals surface area contributed by atoms with Gasteiger partial charge in [0.2, 0.25) is 0 Å². The number of Topliss-reactive ketones (excluding diaryl/α,β-unsaturated/α-hetero) is 1. The van der Waals surface area contributed by atoms with Gasteiger partial charge in [-0.05, 0) is 19.8 Å². The normalized spacial score (nSPS) is 25.2. The van der Waals surface area contributed by atoms with Crippen LogP contribution < -0.4 is 5.73 Å². The van der Waals surface area contributed by atoms with Gasteiger partial charge in [0.25, 0.3) is 0 Å². The maximum absolute atomic E-state index is 11.4. The van der Waals surface area contributed by atoms with E-state index in [1.807, 2.05) is 0 Å². The summed E-state index contributed by atoms with van der Waals surface area (Å²) in [6.07, 6.45) is 1.39. The van der Waals surface area contributed by atoms with E-state index in [1.54, 1.807) is 6.92 Å². The first kappa shape index (κ1) is 9.19. The monoisotopic (exact) mass is 170 g/mol. The molecule has 68 valence electrons. The third kappa shape index (κ3) is 1.82. The van der Waals surface area contributed by atoms with E-state index in [-0.39, 0.29) is 17.7 Å². The molecule has 1 rings (SSSR count). The number of carbonyl (C=O) groups is 1. The van der Waals surface area contributed by atoms with Crippen molar-refractivity contribution in [3.63, 3.8) is 0 Å². The highest BCUT2D eigenvalue weighted by molar-refractivity contribution is 6.03. The lowest BCUT2D eigenvalue weighted by molar-refractivity contribution is -0.129. The number of ketones is 1. The summed E-state index contributed by atoms with van der Waals surface area (Å²) < 4.78 is 5.18. The molecular weight excluding hydrogens is 156 g/mol. The van der Waals surface area contributed by atoms with Crippen LogP contribution in [0.3, 0.4) is 0 Å². The standard InChI is InChI=1S/C8H14N2O2/c1-5(8(9)10)7(11)6-3-2-4-12-6/h5-6H,2-4H2,1H3,(H3,9,10). The third-order valence-electron chi connectivity index (χ3n) is 2.14. The highest BCUT2D eigenvalue weighted by Crippen LogP contribution is 2.16. The Morgan fingerprint density at radius 2 is 2.42 bits per heavy atom. The van der Waals surface area contributed by atoms with E-state index >= 15 is 0 Å². The molecule has 0 radical (unpaired) electrons. The Labute approximate surface area is 71.6 Å². The van der Waals surface area contributed by atoms with Crippen LogP contribution in [0.4, 0.5) is 0 Å². The van der Waals surface area contributed by atoms with Gasteiger partial charge in [-0.15, -0.1) is 0 Å². The van der Waals surface area contributed by atoms with E-state index in [9.17, 15) is 4.79 Å². The van der Waals surface area contributed by atoms with Gasteiger partial charge in [0.05, 0.1) is 5.92 Å². The zero-order valence-corrected chi connectivity index (χ0v) is 7.17. The predicted octanol–water partition coefficient (Wildman–Crippen LogP) is 0.307. The van der Waals surface area contributed by atoms with Crippen molar-refractivity contribution < 1.29 is 9.53 Å². The van der Waals surface area contributed by atoms with Gasteiger partial charge in [-0.3, -0.25) is 10.2 Å². The smallest absolute Gasteiger partial charge is 0.171 e. The average molecular weight is 170 g/mol. The second-order valence-electron chi connectivity index (χ2n) is 3.08. The Bertz CT molecular complexity index is 197. The zero-order valence-electron chi connectivity index (χ0n) is 7.17. The molecule has 1 saturated heterocycles. The van der Waals surface area contributed by atoms with E-state index < -0.39 is 5.92 Å². The fourth-order valence-corrected chi connectivity index (χ4v) is 1.23. The quantitative estimate of drug-likeness (QED) is 0.472. The minimum absolute atomic E-state index is 0.0556. The summed E-state index contributed by atoms with van der Waals surface area (Å²) in [7, 11) is 0. The number of hydrogen-bond donors (Lipinski definition) is 2. The minimum Gasteiger partial charge on any atom is -0.387 e. The van der Waals surface area contributed by atoms with Crippen LogP contribution in [0.5, 0.6) is 0 Å². The van der Waals surface area contributed by atoms with Crippen molar-refractivity contribution in [3.05, 3.63) is 0 Å². The van der Waals surface area contributed by atoms with Crippen molar-refractivity contribution in [1.82, 2.24) is 0 Å². The molecule has 1 heterocycles. The number of hydrogen-bond acceptors (Lipinski definition) is 3. The zero-order chi connectivity index (χ0) is 9.14. The van der Waals surface area contributed by atoms with Crippen molar-refractivity contribution in [2.75, 3.05) is 6.61 Å². The first-order chi connectivity index (χ1) is 5.63. The molecule has 3 N–H and O–H groups in total. The summed E-state index contributed by atoms with van der Waals surface area (Å²) >= 11 is 0. The fraction of sp³-hybridized carbons (Fsp3) is 0.750. The van der Waals surface area contributed by atoms with Gasteiger partial charge in [-0.1, -0.05) is 0 Å². The number of rotatable bonds is 3. The van der Waals surface area contributed by atoms with E-state index in [4.69, 9.17) is 15.9 Å². The van der Waals surface area contributed by atoms with Gasteiger partial charge < -0.3 is 10.5 Å². The number of amidine groups is 1. The summed E-state index contributed by atoms with van der Waals surface area (Å²) in [5.41, 5.74) is 5.21. The molecule has 4 nitrogen and oxygen atoms in total. The molecule has 0 bridgehead atoms. The predicted molar refractivity (Wildman–Crippen MR) is 45.1 cm³/mol. The van der Waals surface area contributed by atoms with Crippen molar-refractivity contribution >= 4 is 11.6 Å². The van der Waals surface area contributed by atoms with Crippen molar-refractivity contribution in [3.8, 4) is 0 Å². The molecule has 12 heavy (non-hydrogen) atoms. The van der Waals surface area contributed by atoms with Crippen LogP contribution in [-0.2, 0) is 9.53 Å². The molecule has 2 atom stereocenters. The maximum Gasteiger partial charge on any atom is 0.171 e. The molecule has 4 heteroatoms. The summed E-state index contributed by atoms with van der Waals surface area (Å²) in [5.74, 6) is -0.622. The molecule has 1 fully saturated rings. The van der Waals surface area contributed by atoms with Crippen LogP contribution in [0.25, 0.3) is 0 Å². The second-order valence-corrected chi connectivity index (χ2v) is 3.08. The number of nitrogens with one attached hydrogen (secondary N) is 1. The number of ether oxygens (including phenoxy) is 1. The Morgan fingerprint density at radius 1 is 1.75 bits per heavy atom. The highest BCUT2D eigenvalue weighted by Gasteiger charge is 2.28. The molecule has 0 aromatic rings. The first-order valence-corrected chi connectivity index (χ1v) is 4.12. The Balaban J connectivity index is 2.51. The highest BCUT2D eigenvalue weighted by atomic mass is 16.5. The van der Waals surface area contributed by atoms with E-state index in [0.29, 0.717) is 6.61 Å². The van der Waals surface area contributed by atoms with Crippen molar-refractivity contribution in [2.24, 2.45) is 11.7 Å². The molecule has 0 aromatic heterocycles. The van der Waals surface area contributed by atoms with Crippen LogP contribution in [-0.4, -0.2) is 24.3 Å². The Morgan fingerprint density at radius 3 is 2.83 bits per heavy atom. The van der Waals surface area contributed by atoms with Crippen LogP contribution in [0.15, 0.2) is 0 Å². The average Bonchev–Trinajstić information content (AvgIpc) is 2.53. The summed E-state index contributed by atoms with van der Waals surface area (Å²) in [6.45, 7) is 2.30. The van der Waals surface area contributed by atoms with Crippen molar-refractivity contribution in [1.29, 1.82) is 5.41 Å². The SMILES string of the molecule is CC(C(=N)N)C(=O)C1CCCO1. The summed E-state index contributed by atoms with van der Waals surface area (Å²) in [5, 5.41) is 7.10. The summed E-state index contributed by atoms with van der Waals surface area (Å²) in [6, 6.07) is 0. The van der Waals surface area contributed by atoms with Crippen LogP contribution >= 0.6 is 0 Å². The van der Waals surface area contributed by atoms with Gasteiger partial charge in [-0.2, -0.15) is 0 Å². The largest absolute Gasteiger partial charge is 0.387 e. The van der Waals surface area contributed by atoms with Gasteiger partial charge in [0, 0.05) is 6.61 Å². The lowest BCUT2D eigenvalue weighted by Gasteiger charge is -2.12. The van der Waals surface area contributed by atoms with Crippen LogP contribution in [0.1, 0.15) is 19.8 Å². The molecule has 0 amide bonds. The van der Waals surface area contributed by atoms with Crippen LogP contribution in [0.2, 0.25) is 0 Å². The van der Waals surface area contributed by atoms with Gasteiger partial charge in [0.1, 0.15) is 11.9 Å². The molecule has 0 saturated carbocycles. The minimum atomic E-state index is -0.493. The van der Waals surface area contributed by atoms with Gasteiger partial charge in [0.15, 0.2) is 5.78 Å². The number of carbonyl (C=O) groups excluding carboxylic acids is 1. The van der Waals surface area contributed by atoms with Crippen molar-refractivity contribution in [2.45, 2.75) is 25.9 Å². The number of nitrogens with two attached hydrogens (primary N) is 1. The molecule has 0 spiro atoms. The topological polar surface area (TPSA) is 76.2 Å². The fourth-order valence-electron chi connectivity index (χ4n) is 1.23. The molecule has 0 aromatic carbocycles. The van der Waals surface area contributed by atoms with E-state index in [1.165, 1.54) is 0 Å². The Kier molecular flexibility index (Phi) is 2.81. The van der Waals surface area contributed by atoms with E-state index in [0.717, 1.165) is 12.8 Å². The summed E-state index contributed by atoms with van der Waals surface area (Å²) in [4.78, 5) is 11.4. The second kappa shape index (κ2) is 3.67. The molecule has 1 aliphatic heterocycles. The van der Waals surface area contributed by atoms with Crippen LogP contribution in [0, 0.1) is 11.3 Å². The maximum atomic E-state index is 11.4. The molecular formula is C8H14N2O2. The lowest BCUT2D eigenvalue weighted by Crippen LogP contribution is -2.34. The van der Waals surface area contributed by atoms with Gasteiger partial charge >= 0.3 is 0 Å². The third-order valence-corrected chi connectivity index (χ3v) is 2.14. The first-order valence-electron chi connectivity index (χ1n) is 4.12.